The van der Waals surface area contributed by atoms with Gasteiger partial charge in [0.1, 0.15) is 6.67 Å². The molecule has 1 aromatic carbocycles. The molecule has 1 aliphatic heterocycles. The van der Waals surface area contributed by atoms with Gasteiger partial charge in [0, 0.05) is 18.0 Å². The standard InChI is InChI=1S/C12H14FNO4/c13-5-7-3-8(9(14)1-2-11(15)16)12-10(4-7)17-6-18-12/h3-4,9H,1-2,5-6,14H2,(H,15,16). The van der Waals surface area contributed by atoms with E-state index in [1.807, 2.05) is 0 Å². The minimum Gasteiger partial charge on any atom is -0.481 e. The van der Waals surface area contributed by atoms with Gasteiger partial charge in [-0.15, -0.1) is 0 Å². The number of benzene rings is 1. The van der Waals surface area contributed by atoms with Crippen molar-refractivity contribution in [3.63, 3.8) is 0 Å². The number of carbonyl (C=O) groups is 1. The summed E-state index contributed by atoms with van der Waals surface area (Å²) < 4.78 is 23.2. The second kappa shape index (κ2) is 5.22. The van der Waals surface area contributed by atoms with Crippen LogP contribution in [0, 0.1) is 0 Å². The summed E-state index contributed by atoms with van der Waals surface area (Å²) in [5.74, 6) is 0.0388. The van der Waals surface area contributed by atoms with E-state index in [4.69, 9.17) is 20.3 Å². The topological polar surface area (TPSA) is 81.8 Å². The van der Waals surface area contributed by atoms with Crippen LogP contribution in [-0.2, 0) is 11.5 Å². The largest absolute Gasteiger partial charge is 0.481 e. The molecule has 1 aliphatic rings. The lowest BCUT2D eigenvalue weighted by Crippen LogP contribution is -2.13. The number of carboxylic acid groups (broad SMARTS) is 1. The molecule has 0 aliphatic carbocycles. The molecule has 0 saturated heterocycles. The van der Waals surface area contributed by atoms with E-state index in [1.54, 1.807) is 12.1 Å². The van der Waals surface area contributed by atoms with Gasteiger partial charge in [-0.2, -0.15) is 0 Å². The minimum absolute atomic E-state index is 0.0450. The molecule has 0 saturated carbocycles. The van der Waals surface area contributed by atoms with Crippen molar-refractivity contribution < 1.29 is 23.8 Å². The molecule has 1 unspecified atom stereocenters. The zero-order chi connectivity index (χ0) is 13.1. The van der Waals surface area contributed by atoms with E-state index in [0.717, 1.165) is 0 Å². The smallest absolute Gasteiger partial charge is 0.303 e. The summed E-state index contributed by atoms with van der Waals surface area (Å²) in [6, 6.07) is 2.65. The average Bonchev–Trinajstić information content (AvgIpc) is 2.82. The number of alkyl halides is 1. The van der Waals surface area contributed by atoms with Gasteiger partial charge in [-0.3, -0.25) is 4.79 Å². The molecular formula is C12H14FNO4. The SMILES string of the molecule is NC(CCC(=O)O)c1cc(CF)cc2c1OCO2. The van der Waals surface area contributed by atoms with Gasteiger partial charge in [0.25, 0.3) is 0 Å². The Hall–Kier alpha value is -1.82. The number of halogens is 1. The van der Waals surface area contributed by atoms with Crippen LogP contribution in [0.3, 0.4) is 0 Å². The van der Waals surface area contributed by atoms with Gasteiger partial charge in [-0.25, -0.2) is 4.39 Å². The van der Waals surface area contributed by atoms with Gasteiger partial charge in [0.15, 0.2) is 11.5 Å². The number of aliphatic carboxylic acids is 1. The molecule has 1 heterocycles. The van der Waals surface area contributed by atoms with Crippen molar-refractivity contribution in [2.45, 2.75) is 25.6 Å². The van der Waals surface area contributed by atoms with Crippen LogP contribution in [0.4, 0.5) is 4.39 Å². The molecule has 5 nitrogen and oxygen atoms in total. The molecule has 0 fully saturated rings. The summed E-state index contributed by atoms with van der Waals surface area (Å²) in [7, 11) is 0. The Kier molecular flexibility index (Phi) is 3.66. The second-order valence-corrected chi connectivity index (χ2v) is 4.09. The van der Waals surface area contributed by atoms with Crippen LogP contribution in [0.1, 0.15) is 30.0 Å². The van der Waals surface area contributed by atoms with E-state index in [-0.39, 0.29) is 19.6 Å². The minimum atomic E-state index is -0.916. The number of hydrogen-bond acceptors (Lipinski definition) is 4. The van der Waals surface area contributed by atoms with E-state index in [0.29, 0.717) is 22.6 Å². The van der Waals surface area contributed by atoms with Crippen LogP contribution in [0.5, 0.6) is 11.5 Å². The summed E-state index contributed by atoms with van der Waals surface area (Å²) in [5.41, 5.74) is 6.96. The van der Waals surface area contributed by atoms with Gasteiger partial charge in [-0.05, 0) is 24.1 Å². The molecule has 0 bridgehead atoms. The molecule has 0 spiro atoms. The molecule has 1 aromatic rings. The number of hydrogen-bond donors (Lipinski definition) is 2. The fourth-order valence-electron chi connectivity index (χ4n) is 1.88. The highest BCUT2D eigenvalue weighted by Crippen LogP contribution is 2.40. The Bertz CT molecular complexity index is 464. The third-order valence-electron chi connectivity index (χ3n) is 2.78. The molecule has 18 heavy (non-hydrogen) atoms. The maximum atomic E-state index is 12.7. The quantitative estimate of drug-likeness (QED) is 0.837. The second-order valence-electron chi connectivity index (χ2n) is 4.09. The molecule has 0 radical (unpaired) electrons. The molecule has 1 atom stereocenters. The zero-order valence-electron chi connectivity index (χ0n) is 9.69. The van der Waals surface area contributed by atoms with E-state index >= 15 is 0 Å². The van der Waals surface area contributed by atoms with Gasteiger partial charge >= 0.3 is 5.97 Å². The first-order valence-electron chi connectivity index (χ1n) is 5.57. The van der Waals surface area contributed by atoms with Crippen LogP contribution >= 0.6 is 0 Å². The highest BCUT2D eigenvalue weighted by Gasteiger charge is 2.23. The molecule has 98 valence electrons. The summed E-state index contributed by atoms with van der Waals surface area (Å²) in [5, 5.41) is 8.63. The third-order valence-corrected chi connectivity index (χ3v) is 2.78. The molecule has 6 heteroatoms. The lowest BCUT2D eigenvalue weighted by atomic mass is 9.99. The predicted octanol–water partition coefficient (Wildman–Crippen LogP) is 1.75. The normalized spacial score (nSPS) is 14.6. The van der Waals surface area contributed by atoms with Crippen molar-refractivity contribution >= 4 is 5.97 Å². The van der Waals surface area contributed by atoms with Crippen LogP contribution < -0.4 is 15.2 Å². The molecule has 0 aromatic heterocycles. The first-order chi connectivity index (χ1) is 8.61. The first-order valence-corrected chi connectivity index (χ1v) is 5.57. The molecule has 2 rings (SSSR count). The maximum absolute atomic E-state index is 12.7. The van der Waals surface area contributed by atoms with Crippen molar-refractivity contribution in [3.8, 4) is 11.5 Å². The Labute approximate surface area is 103 Å². The summed E-state index contributed by atoms with van der Waals surface area (Å²) >= 11 is 0. The van der Waals surface area contributed by atoms with E-state index in [9.17, 15) is 9.18 Å². The van der Waals surface area contributed by atoms with E-state index < -0.39 is 18.7 Å². The molecular weight excluding hydrogens is 241 g/mol. The number of carboxylic acids is 1. The third kappa shape index (κ3) is 2.53. The average molecular weight is 255 g/mol. The van der Waals surface area contributed by atoms with Crippen LogP contribution in [0.15, 0.2) is 12.1 Å². The summed E-state index contributed by atoms with van der Waals surface area (Å²) in [6.45, 7) is -0.557. The van der Waals surface area contributed by atoms with Crippen LogP contribution in [0.25, 0.3) is 0 Å². The van der Waals surface area contributed by atoms with Crippen molar-refractivity contribution in [2.24, 2.45) is 5.73 Å². The Morgan fingerprint density at radius 1 is 1.50 bits per heavy atom. The van der Waals surface area contributed by atoms with Crippen LogP contribution in [-0.4, -0.2) is 17.9 Å². The maximum Gasteiger partial charge on any atom is 0.303 e. The number of rotatable bonds is 5. The number of nitrogens with two attached hydrogens (primary N) is 1. The summed E-state index contributed by atoms with van der Waals surface area (Å²) in [6.07, 6.45) is 0.220. The Balaban J connectivity index is 2.25. The van der Waals surface area contributed by atoms with Gasteiger partial charge in [0.2, 0.25) is 6.79 Å². The van der Waals surface area contributed by atoms with Gasteiger partial charge in [-0.1, -0.05) is 0 Å². The number of ether oxygens (including phenoxy) is 2. The fraction of sp³-hybridized carbons (Fsp3) is 0.417. The Morgan fingerprint density at radius 3 is 2.94 bits per heavy atom. The number of fused-ring (bicyclic) bond motifs is 1. The lowest BCUT2D eigenvalue weighted by Gasteiger charge is -2.14. The van der Waals surface area contributed by atoms with E-state index in [2.05, 4.69) is 0 Å². The lowest BCUT2D eigenvalue weighted by molar-refractivity contribution is -0.137. The first kappa shape index (κ1) is 12.6. The van der Waals surface area contributed by atoms with E-state index in [1.165, 1.54) is 0 Å². The Morgan fingerprint density at radius 2 is 2.28 bits per heavy atom. The highest BCUT2D eigenvalue weighted by molar-refractivity contribution is 5.66. The molecule has 0 amide bonds. The predicted molar refractivity (Wildman–Crippen MR) is 61.2 cm³/mol. The highest BCUT2D eigenvalue weighted by atomic mass is 19.1. The van der Waals surface area contributed by atoms with Crippen molar-refractivity contribution in [3.05, 3.63) is 23.3 Å². The van der Waals surface area contributed by atoms with Crippen molar-refractivity contribution in [1.29, 1.82) is 0 Å². The fourth-order valence-corrected chi connectivity index (χ4v) is 1.88. The molecule has 3 N–H and O–H groups in total. The van der Waals surface area contributed by atoms with Crippen LogP contribution in [0.2, 0.25) is 0 Å². The zero-order valence-corrected chi connectivity index (χ0v) is 9.69. The monoisotopic (exact) mass is 255 g/mol. The summed E-state index contributed by atoms with van der Waals surface area (Å²) in [4.78, 5) is 10.5. The van der Waals surface area contributed by atoms with Gasteiger partial charge < -0.3 is 20.3 Å². The van der Waals surface area contributed by atoms with Crippen molar-refractivity contribution in [2.75, 3.05) is 6.79 Å². The van der Waals surface area contributed by atoms with Crippen molar-refractivity contribution in [1.82, 2.24) is 0 Å². The van der Waals surface area contributed by atoms with Gasteiger partial charge in [0.05, 0.1) is 0 Å².